The van der Waals surface area contributed by atoms with Gasteiger partial charge in [-0.1, -0.05) is 72.8 Å². The summed E-state index contributed by atoms with van der Waals surface area (Å²) >= 11 is 0. The van der Waals surface area contributed by atoms with Crippen LogP contribution in [0.5, 0.6) is 0 Å². The fourth-order valence-corrected chi connectivity index (χ4v) is 2.41. The van der Waals surface area contributed by atoms with Gasteiger partial charge in [0.1, 0.15) is 19.3 Å². The summed E-state index contributed by atoms with van der Waals surface area (Å²) < 4.78 is 10.5. The number of hydrogen-bond donors (Lipinski definition) is 2. The number of alkyl carbamates (subject to hydrolysis) is 1. The SMILES string of the molecule is C=C(CO)CC[C@H](NC(=O)OCc1ccccc1)C(=O)OCc1ccccc1. The number of rotatable bonds is 10. The maximum absolute atomic E-state index is 12.4. The van der Waals surface area contributed by atoms with Gasteiger partial charge in [-0.25, -0.2) is 9.59 Å². The van der Waals surface area contributed by atoms with Gasteiger partial charge in [0.2, 0.25) is 0 Å². The van der Waals surface area contributed by atoms with Crippen LogP contribution in [0.3, 0.4) is 0 Å². The molecule has 6 nitrogen and oxygen atoms in total. The van der Waals surface area contributed by atoms with Crippen molar-refractivity contribution in [3.63, 3.8) is 0 Å². The van der Waals surface area contributed by atoms with Crippen molar-refractivity contribution in [2.24, 2.45) is 0 Å². The zero-order chi connectivity index (χ0) is 20.2. The van der Waals surface area contributed by atoms with Crippen LogP contribution < -0.4 is 5.32 Å². The van der Waals surface area contributed by atoms with Crippen LogP contribution in [0.2, 0.25) is 0 Å². The standard InChI is InChI=1S/C22H25NO5/c1-17(14-24)12-13-20(21(25)27-15-18-8-4-2-5-9-18)23-22(26)28-16-19-10-6-3-7-11-19/h2-11,20,24H,1,12-16H2,(H,23,26)/t20-/m0/s1. The first-order valence-electron chi connectivity index (χ1n) is 9.03. The molecule has 0 bridgehead atoms. The van der Waals surface area contributed by atoms with Gasteiger partial charge in [0, 0.05) is 0 Å². The Labute approximate surface area is 164 Å². The third-order valence-electron chi connectivity index (χ3n) is 4.02. The summed E-state index contributed by atoms with van der Waals surface area (Å²) in [5.74, 6) is -0.564. The van der Waals surface area contributed by atoms with Crippen LogP contribution in [0.1, 0.15) is 24.0 Å². The molecule has 0 saturated carbocycles. The lowest BCUT2D eigenvalue weighted by atomic mass is 10.1. The van der Waals surface area contributed by atoms with Crippen LogP contribution in [0.25, 0.3) is 0 Å². The Bertz CT molecular complexity index is 761. The van der Waals surface area contributed by atoms with Gasteiger partial charge in [0.25, 0.3) is 0 Å². The van der Waals surface area contributed by atoms with Gasteiger partial charge in [-0.05, 0) is 24.0 Å². The predicted octanol–water partition coefficient (Wildman–Crippen LogP) is 3.35. The summed E-state index contributed by atoms with van der Waals surface area (Å²) in [6.07, 6.45) is -0.0753. The molecular formula is C22H25NO5. The van der Waals surface area contributed by atoms with Gasteiger partial charge in [0.15, 0.2) is 0 Å². The van der Waals surface area contributed by atoms with Crippen LogP contribution in [-0.4, -0.2) is 29.8 Å². The molecule has 148 valence electrons. The molecule has 2 aromatic rings. The summed E-state index contributed by atoms with van der Waals surface area (Å²) in [5.41, 5.74) is 2.26. The largest absolute Gasteiger partial charge is 0.459 e. The Morgan fingerprint density at radius 3 is 2.00 bits per heavy atom. The lowest BCUT2D eigenvalue weighted by molar-refractivity contribution is -0.147. The fourth-order valence-electron chi connectivity index (χ4n) is 2.41. The predicted molar refractivity (Wildman–Crippen MR) is 105 cm³/mol. The van der Waals surface area contributed by atoms with Crippen LogP contribution in [-0.2, 0) is 27.5 Å². The Kier molecular flexibility index (Phi) is 8.75. The fraction of sp³-hybridized carbons (Fsp3) is 0.273. The molecule has 2 aromatic carbocycles. The van der Waals surface area contributed by atoms with Gasteiger partial charge < -0.3 is 19.9 Å². The smallest absolute Gasteiger partial charge is 0.408 e. The van der Waals surface area contributed by atoms with E-state index in [-0.39, 0.29) is 26.2 Å². The first-order chi connectivity index (χ1) is 13.6. The monoisotopic (exact) mass is 383 g/mol. The molecule has 0 saturated heterocycles. The highest BCUT2D eigenvalue weighted by Gasteiger charge is 2.23. The second kappa shape index (κ2) is 11.6. The second-order valence-corrected chi connectivity index (χ2v) is 6.30. The normalized spacial score (nSPS) is 11.3. The molecule has 0 aliphatic rings. The van der Waals surface area contributed by atoms with E-state index in [1.54, 1.807) is 0 Å². The van der Waals surface area contributed by atoms with Crippen LogP contribution >= 0.6 is 0 Å². The maximum atomic E-state index is 12.4. The lowest BCUT2D eigenvalue weighted by Crippen LogP contribution is -2.42. The molecule has 1 amide bonds. The number of carbonyl (C=O) groups is 2. The van der Waals surface area contributed by atoms with Crippen LogP contribution in [0.15, 0.2) is 72.8 Å². The Hall–Kier alpha value is -3.12. The molecular weight excluding hydrogens is 358 g/mol. The quantitative estimate of drug-likeness (QED) is 0.485. The number of amides is 1. The molecule has 0 spiro atoms. The Morgan fingerprint density at radius 2 is 1.46 bits per heavy atom. The van der Waals surface area contributed by atoms with Gasteiger partial charge in [-0.3, -0.25) is 0 Å². The van der Waals surface area contributed by atoms with Crippen LogP contribution in [0, 0.1) is 0 Å². The first kappa shape index (κ1) is 21.2. The van der Waals surface area contributed by atoms with Crippen molar-refractivity contribution < 1.29 is 24.2 Å². The lowest BCUT2D eigenvalue weighted by Gasteiger charge is -2.18. The van der Waals surface area contributed by atoms with Crippen molar-refractivity contribution in [2.45, 2.75) is 32.1 Å². The molecule has 0 fully saturated rings. The molecule has 0 aromatic heterocycles. The van der Waals surface area contributed by atoms with Crippen molar-refractivity contribution in [3.8, 4) is 0 Å². The third kappa shape index (κ3) is 7.63. The highest BCUT2D eigenvalue weighted by atomic mass is 16.6. The molecule has 0 aliphatic carbocycles. The topological polar surface area (TPSA) is 84.9 Å². The van der Waals surface area contributed by atoms with E-state index >= 15 is 0 Å². The van der Waals surface area contributed by atoms with E-state index < -0.39 is 18.1 Å². The van der Waals surface area contributed by atoms with Crippen molar-refractivity contribution in [1.82, 2.24) is 5.32 Å². The Morgan fingerprint density at radius 1 is 0.929 bits per heavy atom. The number of hydrogen-bond acceptors (Lipinski definition) is 5. The summed E-state index contributed by atoms with van der Waals surface area (Å²) in [4.78, 5) is 24.5. The van der Waals surface area contributed by atoms with Gasteiger partial charge in [0.05, 0.1) is 6.61 Å². The van der Waals surface area contributed by atoms with Crippen molar-refractivity contribution in [2.75, 3.05) is 6.61 Å². The number of benzene rings is 2. The minimum Gasteiger partial charge on any atom is -0.459 e. The van der Waals surface area contributed by atoms with E-state index in [9.17, 15) is 9.59 Å². The molecule has 0 unspecified atom stereocenters. The van der Waals surface area contributed by atoms with Crippen molar-refractivity contribution >= 4 is 12.1 Å². The molecule has 0 aliphatic heterocycles. The maximum Gasteiger partial charge on any atom is 0.408 e. The van der Waals surface area contributed by atoms with E-state index in [1.807, 2.05) is 60.7 Å². The third-order valence-corrected chi connectivity index (χ3v) is 4.02. The van der Waals surface area contributed by atoms with E-state index in [1.165, 1.54) is 0 Å². The second-order valence-electron chi connectivity index (χ2n) is 6.30. The number of carbonyl (C=O) groups excluding carboxylic acids is 2. The summed E-state index contributed by atoms with van der Waals surface area (Å²) in [7, 11) is 0. The molecule has 1 atom stereocenters. The number of ether oxygens (including phenoxy) is 2. The number of nitrogens with one attached hydrogen (secondary N) is 1. The summed E-state index contributed by atoms with van der Waals surface area (Å²) in [6.45, 7) is 3.74. The molecule has 2 rings (SSSR count). The zero-order valence-electron chi connectivity index (χ0n) is 15.7. The van der Waals surface area contributed by atoms with E-state index in [0.29, 0.717) is 12.0 Å². The number of esters is 1. The zero-order valence-corrected chi connectivity index (χ0v) is 15.7. The van der Waals surface area contributed by atoms with Gasteiger partial charge >= 0.3 is 12.1 Å². The molecule has 2 N–H and O–H groups in total. The highest BCUT2D eigenvalue weighted by Crippen LogP contribution is 2.10. The molecule has 6 heteroatoms. The summed E-state index contributed by atoms with van der Waals surface area (Å²) in [6, 6.07) is 17.6. The molecule has 0 heterocycles. The number of aliphatic hydroxyl groups excluding tert-OH is 1. The van der Waals surface area contributed by atoms with Gasteiger partial charge in [-0.15, -0.1) is 0 Å². The Balaban J connectivity index is 1.90. The van der Waals surface area contributed by atoms with Crippen LogP contribution in [0.4, 0.5) is 4.79 Å². The minimum absolute atomic E-state index is 0.0990. The summed E-state index contributed by atoms with van der Waals surface area (Å²) in [5, 5.41) is 11.6. The first-order valence-corrected chi connectivity index (χ1v) is 9.03. The van der Waals surface area contributed by atoms with E-state index in [4.69, 9.17) is 14.6 Å². The van der Waals surface area contributed by atoms with Crippen molar-refractivity contribution in [3.05, 3.63) is 83.9 Å². The number of aliphatic hydroxyl groups is 1. The minimum atomic E-state index is -0.893. The highest BCUT2D eigenvalue weighted by molar-refractivity contribution is 5.81. The van der Waals surface area contributed by atoms with Gasteiger partial charge in [-0.2, -0.15) is 0 Å². The van der Waals surface area contributed by atoms with E-state index in [2.05, 4.69) is 11.9 Å². The average Bonchev–Trinajstić information content (AvgIpc) is 2.74. The van der Waals surface area contributed by atoms with E-state index in [0.717, 1.165) is 11.1 Å². The molecule has 28 heavy (non-hydrogen) atoms. The molecule has 0 radical (unpaired) electrons. The van der Waals surface area contributed by atoms with Crippen molar-refractivity contribution in [1.29, 1.82) is 0 Å². The average molecular weight is 383 g/mol.